The molecule has 3 saturated heterocycles. The lowest BCUT2D eigenvalue weighted by molar-refractivity contribution is 0.00992. The molecule has 2 bridgehead atoms. The summed E-state index contributed by atoms with van der Waals surface area (Å²) in [5.41, 5.74) is 1.03. The van der Waals surface area contributed by atoms with E-state index in [1.54, 1.807) is 20.3 Å². The number of piperidine rings is 3. The molecule has 7 rings (SSSR count). The zero-order valence-electron chi connectivity index (χ0n) is 23.8. The van der Waals surface area contributed by atoms with E-state index >= 15 is 0 Å². The van der Waals surface area contributed by atoms with Crippen molar-refractivity contribution in [2.75, 3.05) is 33.9 Å². The summed E-state index contributed by atoms with van der Waals surface area (Å²) in [6.45, 7) is 3.91. The lowest BCUT2D eigenvalue weighted by atomic mass is 9.72. The second-order valence-electron chi connectivity index (χ2n) is 11.1. The molecule has 10 heteroatoms. The summed E-state index contributed by atoms with van der Waals surface area (Å²) in [4.78, 5) is 29.7. The van der Waals surface area contributed by atoms with E-state index in [9.17, 15) is 9.59 Å². The molecule has 0 aliphatic carbocycles. The summed E-state index contributed by atoms with van der Waals surface area (Å²) in [7, 11) is 3.22. The highest BCUT2D eigenvalue weighted by Crippen LogP contribution is 2.42. The van der Waals surface area contributed by atoms with Crippen LogP contribution in [-0.2, 0) is 19.8 Å². The van der Waals surface area contributed by atoms with Crippen molar-refractivity contribution in [3.63, 3.8) is 0 Å². The second kappa shape index (κ2) is 11.7. The van der Waals surface area contributed by atoms with Crippen molar-refractivity contribution in [2.45, 2.75) is 39.0 Å². The van der Waals surface area contributed by atoms with Crippen molar-refractivity contribution < 1.29 is 18.9 Å². The Morgan fingerprint density at radius 2 is 1.38 bits per heavy atom. The number of hydrogen-bond donors (Lipinski definition) is 1. The Labute approximate surface area is 248 Å². The molecule has 0 unspecified atom stereocenters. The maximum atomic E-state index is 13.8. The van der Waals surface area contributed by atoms with Crippen LogP contribution in [-0.4, -0.2) is 48.5 Å². The molecule has 4 aromatic rings. The molecule has 220 valence electrons. The number of rotatable bonds is 10. The normalized spacial score (nSPS) is 19.5. The van der Waals surface area contributed by atoms with Gasteiger partial charge in [-0.3, -0.25) is 14.7 Å². The fraction of sp³-hybridized carbons (Fsp3) is 0.375. The highest BCUT2D eigenvalue weighted by atomic mass is 35.5. The number of H-pyrrole nitrogens is 1. The van der Waals surface area contributed by atoms with Gasteiger partial charge in [-0.1, -0.05) is 35.9 Å². The topological polar surface area (TPSA) is 95.0 Å². The summed E-state index contributed by atoms with van der Waals surface area (Å²) in [6.07, 6.45) is 3.03. The van der Waals surface area contributed by atoms with Crippen LogP contribution >= 0.6 is 11.6 Å². The Kier molecular flexibility index (Phi) is 7.88. The van der Waals surface area contributed by atoms with Crippen molar-refractivity contribution in [3.8, 4) is 23.0 Å². The molecule has 3 aliphatic heterocycles. The number of fused-ring (bicyclic) bond motifs is 4. The standard InChI is InChI=1S/C32H34ClN3O6/c1-39-23-7-3-21(4-8-23)18-41-26-17-25-27(28(33)29(26)42-19-22-5-9-24(40-2)10-6-22)30(37)34-36(31(25)38)20-32-11-14-35(15-12-32)16-13-32/h3-10,17H,11-16,18-20H2,1-2H3,(H,34,37). The number of halogens is 1. The van der Waals surface area contributed by atoms with Gasteiger partial charge in [0, 0.05) is 6.54 Å². The van der Waals surface area contributed by atoms with Gasteiger partial charge in [0.15, 0.2) is 11.5 Å². The molecule has 0 saturated carbocycles. The Morgan fingerprint density at radius 1 is 0.833 bits per heavy atom. The van der Waals surface area contributed by atoms with E-state index in [2.05, 4.69) is 10.00 Å². The van der Waals surface area contributed by atoms with Gasteiger partial charge < -0.3 is 23.8 Å². The molecule has 3 aromatic carbocycles. The van der Waals surface area contributed by atoms with Crippen LogP contribution in [0.5, 0.6) is 23.0 Å². The largest absolute Gasteiger partial charge is 0.497 e. The number of methoxy groups -OCH3 is 2. The summed E-state index contributed by atoms with van der Waals surface area (Å²) in [6, 6.07) is 16.5. The molecule has 1 N–H and O–H groups in total. The smallest absolute Gasteiger partial charge is 0.273 e. The Bertz CT molecular complexity index is 1680. The van der Waals surface area contributed by atoms with E-state index in [4.69, 9.17) is 30.5 Å². The minimum absolute atomic E-state index is 0.00804. The Morgan fingerprint density at radius 3 is 1.93 bits per heavy atom. The van der Waals surface area contributed by atoms with Crippen LogP contribution in [0.3, 0.4) is 0 Å². The number of hydrogen-bond acceptors (Lipinski definition) is 7. The third kappa shape index (κ3) is 5.58. The van der Waals surface area contributed by atoms with Crippen molar-refractivity contribution in [3.05, 3.63) is 91.5 Å². The first-order valence-corrected chi connectivity index (χ1v) is 14.5. The Hall–Kier alpha value is -3.95. The number of nitrogens with zero attached hydrogens (tertiary/aromatic N) is 2. The van der Waals surface area contributed by atoms with Crippen LogP contribution in [0.15, 0.2) is 64.2 Å². The summed E-state index contributed by atoms with van der Waals surface area (Å²) in [5, 5.41) is 3.15. The van der Waals surface area contributed by atoms with Gasteiger partial charge in [0.05, 0.1) is 25.0 Å². The Balaban J connectivity index is 1.37. The molecule has 4 heterocycles. The minimum atomic E-state index is -0.435. The van der Waals surface area contributed by atoms with Gasteiger partial charge in [0.1, 0.15) is 29.7 Å². The van der Waals surface area contributed by atoms with Crippen LogP contribution < -0.4 is 30.1 Å². The van der Waals surface area contributed by atoms with Gasteiger partial charge in [0.2, 0.25) is 0 Å². The first kappa shape index (κ1) is 28.2. The van der Waals surface area contributed by atoms with Crippen molar-refractivity contribution in [1.29, 1.82) is 0 Å². The third-order valence-corrected chi connectivity index (χ3v) is 8.95. The zero-order chi connectivity index (χ0) is 29.3. The maximum absolute atomic E-state index is 13.8. The fourth-order valence-corrected chi connectivity index (χ4v) is 6.29. The molecule has 0 radical (unpaired) electrons. The molecule has 0 atom stereocenters. The molecule has 9 nitrogen and oxygen atoms in total. The molecule has 0 spiro atoms. The van der Waals surface area contributed by atoms with Crippen molar-refractivity contribution in [2.24, 2.45) is 5.41 Å². The van der Waals surface area contributed by atoms with Crippen LogP contribution in [0.2, 0.25) is 5.02 Å². The van der Waals surface area contributed by atoms with Gasteiger partial charge in [-0.25, -0.2) is 4.68 Å². The van der Waals surface area contributed by atoms with E-state index in [0.29, 0.717) is 6.54 Å². The highest BCUT2D eigenvalue weighted by molar-refractivity contribution is 6.37. The predicted molar refractivity (Wildman–Crippen MR) is 161 cm³/mol. The van der Waals surface area contributed by atoms with E-state index in [0.717, 1.165) is 61.5 Å². The van der Waals surface area contributed by atoms with Gasteiger partial charge in [-0.15, -0.1) is 0 Å². The molecule has 0 amide bonds. The van der Waals surface area contributed by atoms with Crippen LogP contribution in [0, 0.1) is 5.41 Å². The predicted octanol–water partition coefficient (Wildman–Crippen LogP) is 5.00. The highest BCUT2D eigenvalue weighted by Gasteiger charge is 2.40. The van der Waals surface area contributed by atoms with E-state index in [1.807, 2.05) is 48.5 Å². The van der Waals surface area contributed by atoms with E-state index < -0.39 is 5.56 Å². The summed E-state index contributed by atoms with van der Waals surface area (Å²) >= 11 is 6.85. The number of nitrogens with one attached hydrogen (secondary N) is 1. The SMILES string of the molecule is COc1ccc(COc2cc3c(=O)n(CC45CCN(CC4)CC5)[nH]c(=O)c3c(Cl)c2OCc2ccc(OC)cc2)cc1. The van der Waals surface area contributed by atoms with Crippen LogP contribution in [0.4, 0.5) is 0 Å². The van der Waals surface area contributed by atoms with Gasteiger partial charge in [0.25, 0.3) is 11.1 Å². The fourth-order valence-electron chi connectivity index (χ4n) is 5.96. The first-order valence-electron chi connectivity index (χ1n) is 14.1. The second-order valence-corrected chi connectivity index (χ2v) is 11.5. The molecular weight excluding hydrogens is 558 g/mol. The van der Waals surface area contributed by atoms with Crippen LogP contribution in [0.25, 0.3) is 10.8 Å². The quantitative estimate of drug-likeness (QED) is 0.277. The van der Waals surface area contributed by atoms with E-state index in [1.165, 1.54) is 4.68 Å². The number of aromatic amines is 1. The third-order valence-electron chi connectivity index (χ3n) is 8.59. The molecular formula is C32H34ClN3O6. The lowest BCUT2D eigenvalue weighted by Crippen LogP contribution is -2.51. The van der Waals surface area contributed by atoms with Crippen molar-refractivity contribution >= 4 is 22.4 Å². The summed E-state index contributed by atoms with van der Waals surface area (Å²) < 4.78 is 24.3. The van der Waals surface area contributed by atoms with Gasteiger partial charge in [-0.05, 0) is 85.8 Å². The van der Waals surface area contributed by atoms with Crippen LogP contribution in [0.1, 0.15) is 30.4 Å². The number of ether oxygens (including phenoxy) is 4. The molecule has 1 aromatic heterocycles. The summed E-state index contributed by atoms with van der Waals surface area (Å²) in [5.74, 6) is 1.95. The van der Waals surface area contributed by atoms with E-state index in [-0.39, 0.29) is 51.5 Å². The molecule has 42 heavy (non-hydrogen) atoms. The maximum Gasteiger partial charge on any atom is 0.273 e. The van der Waals surface area contributed by atoms with Crippen molar-refractivity contribution in [1.82, 2.24) is 14.7 Å². The lowest BCUT2D eigenvalue weighted by Gasteiger charge is -2.48. The number of aromatic nitrogens is 2. The zero-order valence-corrected chi connectivity index (χ0v) is 24.5. The van der Waals surface area contributed by atoms with Gasteiger partial charge >= 0.3 is 0 Å². The monoisotopic (exact) mass is 591 g/mol. The minimum Gasteiger partial charge on any atom is -0.497 e. The first-order chi connectivity index (χ1) is 20.4. The molecule has 3 aliphatic rings. The average Bonchev–Trinajstić information content (AvgIpc) is 3.03. The molecule has 3 fully saturated rings. The van der Waals surface area contributed by atoms with Gasteiger partial charge in [-0.2, -0.15) is 0 Å². The average molecular weight is 592 g/mol. The number of benzene rings is 3.